The highest BCUT2D eigenvalue weighted by molar-refractivity contribution is 5.81. The fraction of sp³-hybridized carbons (Fsp3) is 0.480. The average Bonchev–Trinajstić information content (AvgIpc) is 2.74. The van der Waals surface area contributed by atoms with E-state index in [1.807, 2.05) is 45.0 Å². The van der Waals surface area contributed by atoms with Gasteiger partial charge in [0.1, 0.15) is 5.75 Å². The molecule has 1 aliphatic heterocycles. The minimum absolute atomic E-state index is 0.0615. The fourth-order valence-corrected chi connectivity index (χ4v) is 3.73. The summed E-state index contributed by atoms with van der Waals surface area (Å²) in [7, 11) is 0. The second kappa shape index (κ2) is 9.82. The van der Waals surface area contributed by atoms with Gasteiger partial charge in [-0.1, -0.05) is 43.7 Å². The summed E-state index contributed by atoms with van der Waals surface area (Å²) in [6.07, 6.45) is 2.65. The van der Waals surface area contributed by atoms with Gasteiger partial charge in [-0.3, -0.25) is 4.79 Å². The van der Waals surface area contributed by atoms with Crippen molar-refractivity contribution < 1.29 is 9.53 Å². The first-order valence-corrected chi connectivity index (χ1v) is 10.8. The van der Waals surface area contributed by atoms with Gasteiger partial charge < -0.3 is 15.0 Å². The van der Waals surface area contributed by atoms with Crippen LogP contribution in [0, 0.1) is 12.8 Å². The fourth-order valence-electron chi connectivity index (χ4n) is 3.73. The Hall–Kier alpha value is -2.49. The molecular weight excluding hydrogens is 360 g/mol. The van der Waals surface area contributed by atoms with Crippen LogP contribution in [0.3, 0.4) is 0 Å². The second-order valence-corrected chi connectivity index (χ2v) is 8.32. The number of hydrogen-bond donors (Lipinski definition) is 1. The third kappa shape index (κ3) is 5.75. The molecule has 1 saturated heterocycles. The summed E-state index contributed by atoms with van der Waals surface area (Å²) in [6.45, 7) is 10.6. The van der Waals surface area contributed by atoms with Crippen LogP contribution in [0.15, 0.2) is 48.5 Å². The lowest BCUT2D eigenvalue weighted by atomic mass is 9.98. The molecule has 2 atom stereocenters. The second-order valence-electron chi connectivity index (χ2n) is 8.32. The average molecular weight is 395 g/mol. The molecule has 0 aromatic heterocycles. The van der Waals surface area contributed by atoms with Crippen molar-refractivity contribution in [3.05, 3.63) is 59.7 Å². The third-order valence-corrected chi connectivity index (χ3v) is 5.86. The number of rotatable bonds is 7. The van der Waals surface area contributed by atoms with Gasteiger partial charge >= 0.3 is 0 Å². The van der Waals surface area contributed by atoms with Crippen molar-refractivity contribution in [3.8, 4) is 5.75 Å². The Morgan fingerprint density at radius 1 is 1.10 bits per heavy atom. The zero-order valence-electron chi connectivity index (χ0n) is 18.2. The number of nitrogens with one attached hydrogen (secondary N) is 1. The number of carbonyl (C=O) groups is 1. The van der Waals surface area contributed by atoms with E-state index in [9.17, 15) is 4.79 Å². The van der Waals surface area contributed by atoms with Crippen molar-refractivity contribution in [2.24, 2.45) is 5.92 Å². The van der Waals surface area contributed by atoms with Crippen LogP contribution < -0.4 is 15.0 Å². The molecular formula is C25H34N2O2. The van der Waals surface area contributed by atoms with Gasteiger partial charge in [-0.2, -0.15) is 0 Å². The van der Waals surface area contributed by atoms with Crippen LogP contribution in [0.5, 0.6) is 5.75 Å². The molecule has 1 amide bonds. The normalized spacial score (nSPS) is 16.9. The van der Waals surface area contributed by atoms with Gasteiger partial charge in [-0.05, 0) is 68.9 Å². The summed E-state index contributed by atoms with van der Waals surface area (Å²) in [5.41, 5.74) is 3.55. The van der Waals surface area contributed by atoms with E-state index in [0.717, 1.165) is 30.3 Å². The lowest BCUT2D eigenvalue weighted by Gasteiger charge is -2.32. The van der Waals surface area contributed by atoms with Gasteiger partial charge in [-0.15, -0.1) is 0 Å². The molecule has 0 radical (unpaired) electrons. The molecule has 0 spiro atoms. The zero-order valence-corrected chi connectivity index (χ0v) is 18.2. The molecule has 2 aromatic rings. The Kier molecular flexibility index (Phi) is 7.18. The molecule has 1 heterocycles. The van der Waals surface area contributed by atoms with Gasteiger partial charge in [0.25, 0.3) is 5.91 Å². The van der Waals surface area contributed by atoms with Crippen molar-refractivity contribution in [3.63, 3.8) is 0 Å². The molecule has 1 aliphatic rings. The number of aryl methyl sites for hydroxylation is 1. The summed E-state index contributed by atoms with van der Waals surface area (Å²) in [6, 6.07) is 16.3. The van der Waals surface area contributed by atoms with Crippen LogP contribution in [-0.2, 0) is 4.79 Å². The largest absolute Gasteiger partial charge is 0.481 e. The number of carbonyl (C=O) groups excluding carboxylic acids is 1. The number of anilines is 1. The Morgan fingerprint density at radius 3 is 2.31 bits per heavy atom. The van der Waals surface area contributed by atoms with E-state index in [1.165, 1.54) is 24.1 Å². The quantitative estimate of drug-likeness (QED) is 0.696. The summed E-state index contributed by atoms with van der Waals surface area (Å²) < 4.78 is 5.91. The first kappa shape index (κ1) is 21.2. The van der Waals surface area contributed by atoms with E-state index >= 15 is 0 Å². The van der Waals surface area contributed by atoms with Crippen molar-refractivity contribution in [1.82, 2.24) is 5.32 Å². The summed E-state index contributed by atoms with van der Waals surface area (Å²) in [5.74, 6) is 1.48. The van der Waals surface area contributed by atoms with Gasteiger partial charge in [-0.25, -0.2) is 0 Å². The molecule has 1 N–H and O–H groups in total. The van der Waals surface area contributed by atoms with Crippen molar-refractivity contribution >= 4 is 11.6 Å². The Bertz CT molecular complexity index is 777. The molecule has 3 rings (SSSR count). The summed E-state index contributed by atoms with van der Waals surface area (Å²) in [4.78, 5) is 15.2. The minimum atomic E-state index is -0.491. The van der Waals surface area contributed by atoms with Gasteiger partial charge in [0, 0.05) is 18.8 Å². The summed E-state index contributed by atoms with van der Waals surface area (Å²) >= 11 is 0. The van der Waals surface area contributed by atoms with E-state index in [4.69, 9.17) is 4.74 Å². The van der Waals surface area contributed by atoms with Crippen LogP contribution in [0.4, 0.5) is 5.69 Å². The molecule has 0 unspecified atom stereocenters. The molecule has 29 heavy (non-hydrogen) atoms. The number of amides is 1. The van der Waals surface area contributed by atoms with Gasteiger partial charge in [0.05, 0.1) is 6.04 Å². The molecule has 0 bridgehead atoms. The van der Waals surface area contributed by atoms with E-state index in [1.54, 1.807) is 0 Å². The smallest absolute Gasteiger partial charge is 0.261 e. The highest BCUT2D eigenvalue weighted by Gasteiger charge is 2.21. The number of piperidine rings is 1. The number of benzene rings is 2. The highest BCUT2D eigenvalue weighted by Crippen LogP contribution is 2.25. The molecule has 4 nitrogen and oxygen atoms in total. The summed E-state index contributed by atoms with van der Waals surface area (Å²) in [5, 5.41) is 3.11. The lowest BCUT2D eigenvalue weighted by Crippen LogP contribution is -2.39. The molecule has 1 fully saturated rings. The maximum atomic E-state index is 12.7. The van der Waals surface area contributed by atoms with E-state index < -0.39 is 6.10 Å². The van der Waals surface area contributed by atoms with E-state index in [-0.39, 0.29) is 11.9 Å². The van der Waals surface area contributed by atoms with Crippen molar-refractivity contribution in [2.75, 3.05) is 18.0 Å². The lowest BCUT2D eigenvalue weighted by molar-refractivity contribution is -0.128. The minimum Gasteiger partial charge on any atom is -0.481 e. The maximum Gasteiger partial charge on any atom is 0.261 e. The number of nitrogens with zero attached hydrogens (tertiary/aromatic N) is 1. The molecule has 4 heteroatoms. The van der Waals surface area contributed by atoms with Crippen molar-refractivity contribution in [2.45, 2.75) is 59.1 Å². The standard InChI is InChI=1S/C25H34N2O2/c1-5-24(29-23-12-6-18(2)7-13-23)25(28)26-20(4)21-8-10-22(11-9-21)27-16-14-19(3)15-17-27/h6-13,19-20,24H,5,14-17H2,1-4H3,(H,26,28)/t20-,24+/m0/s1. The number of ether oxygens (including phenoxy) is 1. The Balaban J connectivity index is 1.57. The predicted molar refractivity (Wildman–Crippen MR) is 119 cm³/mol. The molecule has 156 valence electrons. The van der Waals surface area contributed by atoms with Crippen LogP contribution >= 0.6 is 0 Å². The van der Waals surface area contributed by atoms with Crippen LogP contribution in [0.1, 0.15) is 57.2 Å². The maximum absolute atomic E-state index is 12.7. The topological polar surface area (TPSA) is 41.6 Å². The zero-order chi connectivity index (χ0) is 20.8. The first-order chi connectivity index (χ1) is 14.0. The number of hydrogen-bond acceptors (Lipinski definition) is 3. The molecule has 2 aromatic carbocycles. The SMILES string of the molecule is CC[C@@H](Oc1ccc(C)cc1)C(=O)N[C@@H](C)c1ccc(N2CCC(C)CC2)cc1. The van der Waals surface area contributed by atoms with Crippen LogP contribution in [0.2, 0.25) is 0 Å². The van der Waals surface area contributed by atoms with E-state index in [0.29, 0.717) is 6.42 Å². The van der Waals surface area contributed by atoms with Gasteiger partial charge in [0.2, 0.25) is 0 Å². The monoisotopic (exact) mass is 394 g/mol. The predicted octanol–water partition coefficient (Wildman–Crippen LogP) is 5.27. The Labute approximate surface area is 175 Å². The van der Waals surface area contributed by atoms with Crippen LogP contribution in [0.25, 0.3) is 0 Å². The molecule has 0 aliphatic carbocycles. The van der Waals surface area contributed by atoms with E-state index in [2.05, 4.69) is 41.4 Å². The molecule has 0 saturated carbocycles. The highest BCUT2D eigenvalue weighted by atomic mass is 16.5. The van der Waals surface area contributed by atoms with Gasteiger partial charge in [0.15, 0.2) is 6.10 Å². The van der Waals surface area contributed by atoms with Crippen molar-refractivity contribution in [1.29, 1.82) is 0 Å². The Morgan fingerprint density at radius 2 is 1.72 bits per heavy atom. The third-order valence-electron chi connectivity index (χ3n) is 5.86. The first-order valence-electron chi connectivity index (χ1n) is 10.8. The van der Waals surface area contributed by atoms with Crippen LogP contribution in [-0.4, -0.2) is 25.1 Å².